The lowest BCUT2D eigenvalue weighted by Crippen LogP contribution is -2.37. The quantitative estimate of drug-likeness (QED) is 0.393. The van der Waals surface area contributed by atoms with Crippen molar-refractivity contribution in [1.29, 1.82) is 0 Å². The van der Waals surface area contributed by atoms with E-state index in [2.05, 4.69) is 20.9 Å². The van der Waals surface area contributed by atoms with Gasteiger partial charge in [0.05, 0.1) is 32.1 Å². The normalized spacial score (nSPS) is 11.8. The van der Waals surface area contributed by atoms with Crippen molar-refractivity contribution < 1.29 is 23.5 Å². The number of unbranched alkanes of at least 4 members (excludes halogenated alkanes) is 3. The van der Waals surface area contributed by atoms with Crippen LogP contribution in [0.15, 0.2) is 24.4 Å². The molecule has 1 aromatic heterocycles. The Morgan fingerprint density at radius 2 is 1.94 bits per heavy atom. The summed E-state index contributed by atoms with van der Waals surface area (Å²) in [5.41, 5.74) is 1.17. The van der Waals surface area contributed by atoms with Crippen LogP contribution >= 0.6 is 0 Å². The lowest BCUT2D eigenvalue weighted by molar-refractivity contribution is 0.0888. The van der Waals surface area contributed by atoms with E-state index in [1.165, 1.54) is 10.9 Å². The molecule has 1 atom stereocenters. The highest BCUT2D eigenvalue weighted by Crippen LogP contribution is 2.25. The molecule has 2 amide bonds. The molecule has 1 heterocycles. The standard InChI is InChI=1S/C23H34FN5O4/c1-4-18(16-32-3)26-23(31)19-15-29(28-27-19)20-11-10-17(22(30)25-5-2)14-21(20)33-13-9-7-6-8-12-24/h10-11,14-15,18H,4-9,12-13,16H2,1-3H3,(H,25,30)(H,26,31). The van der Waals surface area contributed by atoms with Gasteiger partial charge in [0.1, 0.15) is 11.4 Å². The minimum atomic E-state index is -0.348. The van der Waals surface area contributed by atoms with Gasteiger partial charge in [0.25, 0.3) is 11.8 Å². The molecule has 0 bridgehead atoms. The first-order valence-corrected chi connectivity index (χ1v) is 11.4. The van der Waals surface area contributed by atoms with E-state index < -0.39 is 0 Å². The van der Waals surface area contributed by atoms with Crippen LogP contribution in [0.3, 0.4) is 0 Å². The molecule has 0 saturated carbocycles. The van der Waals surface area contributed by atoms with E-state index in [4.69, 9.17) is 9.47 Å². The van der Waals surface area contributed by atoms with Crippen molar-refractivity contribution in [2.45, 2.75) is 52.0 Å². The van der Waals surface area contributed by atoms with Gasteiger partial charge in [0, 0.05) is 19.2 Å². The van der Waals surface area contributed by atoms with E-state index in [1.807, 2.05) is 13.8 Å². The predicted molar refractivity (Wildman–Crippen MR) is 123 cm³/mol. The minimum Gasteiger partial charge on any atom is -0.491 e. The number of nitrogens with one attached hydrogen (secondary N) is 2. The average Bonchev–Trinajstić information content (AvgIpc) is 3.31. The van der Waals surface area contributed by atoms with Gasteiger partial charge in [-0.05, 0) is 50.8 Å². The van der Waals surface area contributed by atoms with Crippen LogP contribution in [0.5, 0.6) is 5.75 Å². The van der Waals surface area contributed by atoms with Gasteiger partial charge < -0.3 is 20.1 Å². The Labute approximate surface area is 194 Å². The summed E-state index contributed by atoms with van der Waals surface area (Å²) in [6.07, 6.45) is 5.19. The summed E-state index contributed by atoms with van der Waals surface area (Å²) < 4.78 is 24.8. The van der Waals surface area contributed by atoms with Crippen molar-refractivity contribution in [2.24, 2.45) is 0 Å². The number of hydrogen-bond donors (Lipinski definition) is 2. The molecule has 10 heteroatoms. The fourth-order valence-corrected chi connectivity index (χ4v) is 3.16. The van der Waals surface area contributed by atoms with Crippen LogP contribution in [-0.4, -0.2) is 66.4 Å². The van der Waals surface area contributed by atoms with Crippen LogP contribution in [0.4, 0.5) is 4.39 Å². The second-order valence-electron chi connectivity index (χ2n) is 7.58. The zero-order valence-corrected chi connectivity index (χ0v) is 19.6. The van der Waals surface area contributed by atoms with Crippen LogP contribution in [0.1, 0.15) is 66.8 Å². The monoisotopic (exact) mass is 463 g/mol. The third-order valence-electron chi connectivity index (χ3n) is 5.01. The molecule has 0 saturated heterocycles. The van der Waals surface area contributed by atoms with Crippen molar-refractivity contribution in [3.8, 4) is 11.4 Å². The van der Waals surface area contributed by atoms with Crippen molar-refractivity contribution in [3.05, 3.63) is 35.7 Å². The molecule has 2 aromatic rings. The smallest absolute Gasteiger partial charge is 0.273 e. The molecule has 0 aliphatic carbocycles. The maximum atomic E-state index is 12.5. The maximum Gasteiger partial charge on any atom is 0.273 e. The molecule has 0 spiro atoms. The number of methoxy groups -OCH3 is 1. The van der Waals surface area contributed by atoms with Gasteiger partial charge in [-0.15, -0.1) is 5.10 Å². The lowest BCUT2D eigenvalue weighted by Gasteiger charge is -2.14. The molecule has 0 fully saturated rings. The van der Waals surface area contributed by atoms with Crippen LogP contribution in [0, 0.1) is 0 Å². The number of amides is 2. The molecule has 0 aliphatic rings. The average molecular weight is 464 g/mol. The Kier molecular flexibility index (Phi) is 11.3. The SMILES string of the molecule is CCNC(=O)c1ccc(-n2cc(C(=O)NC(CC)COC)nn2)c(OCCCCCCF)c1. The van der Waals surface area contributed by atoms with E-state index in [-0.39, 0.29) is 30.2 Å². The molecule has 182 valence electrons. The zero-order valence-electron chi connectivity index (χ0n) is 19.6. The fraction of sp³-hybridized carbons (Fsp3) is 0.565. The van der Waals surface area contributed by atoms with Gasteiger partial charge in [0.2, 0.25) is 0 Å². The minimum absolute atomic E-state index is 0.125. The number of aromatic nitrogens is 3. The number of ether oxygens (including phenoxy) is 2. The summed E-state index contributed by atoms with van der Waals surface area (Å²) in [6, 6.07) is 4.90. The van der Waals surface area contributed by atoms with Gasteiger partial charge in [-0.2, -0.15) is 0 Å². The highest BCUT2D eigenvalue weighted by Gasteiger charge is 2.18. The third kappa shape index (κ3) is 8.12. The maximum absolute atomic E-state index is 12.5. The first-order chi connectivity index (χ1) is 16.0. The molecular weight excluding hydrogens is 429 g/mol. The second kappa shape index (κ2) is 14.2. The molecule has 2 rings (SSSR count). The summed E-state index contributed by atoms with van der Waals surface area (Å²) in [5, 5.41) is 13.7. The summed E-state index contributed by atoms with van der Waals surface area (Å²) in [4.78, 5) is 24.8. The van der Waals surface area contributed by atoms with Gasteiger partial charge >= 0.3 is 0 Å². The molecule has 1 aromatic carbocycles. The first kappa shape index (κ1) is 26.2. The van der Waals surface area contributed by atoms with Crippen molar-refractivity contribution >= 4 is 11.8 Å². The van der Waals surface area contributed by atoms with E-state index in [0.717, 1.165) is 25.7 Å². The third-order valence-corrected chi connectivity index (χ3v) is 5.01. The van der Waals surface area contributed by atoms with Crippen molar-refractivity contribution in [2.75, 3.05) is 33.5 Å². The van der Waals surface area contributed by atoms with Crippen LogP contribution < -0.4 is 15.4 Å². The molecule has 9 nitrogen and oxygen atoms in total. The van der Waals surface area contributed by atoms with Crippen molar-refractivity contribution in [1.82, 2.24) is 25.6 Å². The van der Waals surface area contributed by atoms with Crippen LogP contribution in [0.25, 0.3) is 5.69 Å². The Balaban J connectivity index is 2.19. The number of hydrogen-bond acceptors (Lipinski definition) is 6. The number of carbonyl (C=O) groups is 2. The fourth-order valence-electron chi connectivity index (χ4n) is 3.16. The molecule has 0 radical (unpaired) electrons. The Bertz CT molecular complexity index is 889. The lowest BCUT2D eigenvalue weighted by atomic mass is 10.1. The topological polar surface area (TPSA) is 107 Å². The summed E-state index contributed by atoms with van der Waals surface area (Å²) in [6.45, 7) is 4.81. The van der Waals surface area contributed by atoms with E-state index in [9.17, 15) is 14.0 Å². The van der Waals surface area contributed by atoms with Crippen molar-refractivity contribution in [3.63, 3.8) is 0 Å². The molecule has 33 heavy (non-hydrogen) atoms. The molecule has 0 aliphatic heterocycles. The summed E-state index contributed by atoms with van der Waals surface area (Å²) >= 11 is 0. The Hall–Kier alpha value is -3.01. The zero-order chi connectivity index (χ0) is 24.1. The first-order valence-electron chi connectivity index (χ1n) is 11.4. The second-order valence-corrected chi connectivity index (χ2v) is 7.58. The largest absolute Gasteiger partial charge is 0.491 e. The predicted octanol–water partition coefficient (Wildman–Crippen LogP) is 3.08. The number of alkyl halides is 1. The number of halogens is 1. The number of benzene rings is 1. The van der Waals surface area contributed by atoms with Crippen LogP contribution in [-0.2, 0) is 4.74 Å². The Morgan fingerprint density at radius 3 is 2.64 bits per heavy atom. The number of carbonyl (C=O) groups excluding carboxylic acids is 2. The molecular formula is C23H34FN5O4. The van der Waals surface area contributed by atoms with Crippen LogP contribution in [0.2, 0.25) is 0 Å². The van der Waals surface area contributed by atoms with E-state index >= 15 is 0 Å². The highest BCUT2D eigenvalue weighted by molar-refractivity contribution is 5.95. The summed E-state index contributed by atoms with van der Waals surface area (Å²) in [5.74, 6) is -0.106. The molecule has 1 unspecified atom stereocenters. The van der Waals surface area contributed by atoms with Gasteiger partial charge in [-0.1, -0.05) is 18.6 Å². The number of rotatable bonds is 15. The van der Waals surface area contributed by atoms with E-state index in [1.54, 1.807) is 25.3 Å². The Morgan fingerprint density at radius 1 is 1.15 bits per heavy atom. The van der Waals surface area contributed by atoms with Gasteiger partial charge in [0.15, 0.2) is 5.69 Å². The van der Waals surface area contributed by atoms with Gasteiger partial charge in [-0.25, -0.2) is 4.68 Å². The van der Waals surface area contributed by atoms with E-state index in [0.29, 0.717) is 43.2 Å². The summed E-state index contributed by atoms with van der Waals surface area (Å²) in [7, 11) is 1.58. The molecule has 2 N–H and O–H groups in total. The van der Waals surface area contributed by atoms with Gasteiger partial charge in [-0.3, -0.25) is 14.0 Å². The number of nitrogens with zero attached hydrogens (tertiary/aromatic N) is 3. The highest BCUT2D eigenvalue weighted by atomic mass is 19.1.